The van der Waals surface area contributed by atoms with E-state index in [-0.39, 0.29) is 23.9 Å². The molecule has 0 bridgehead atoms. The van der Waals surface area contributed by atoms with Crippen LogP contribution in [-0.4, -0.2) is 52.8 Å². The molecule has 1 aliphatic heterocycles. The summed E-state index contributed by atoms with van der Waals surface area (Å²) in [5.74, 6) is -0.0911. The van der Waals surface area contributed by atoms with Crippen LogP contribution < -0.4 is 10.9 Å². The zero-order valence-electron chi connectivity index (χ0n) is 24.0. The quantitative estimate of drug-likeness (QED) is 0.383. The second-order valence-corrected chi connectivity index (χ2v) is 10.2. The SMILES string of the molecule is CCOC(=O)Cc1cccc(Cn2nc(C)ccc2=O)c1.Cc1ccc(CNC(=O)CCN2CCCCC2)cc1. The lowest BCUT2D eigenvalue weighted by atomic mass is 10.1. The summed E-state index contributed by atoms with van der Waals surface area (Å²) in [6, 6.07) is 19.0. The van der Waals surface area contributed by atoms with Crippen LogP contribution in [0.4, 0.5) is 0 Å². The number of nitrogens with one attached hydrogen (secondary N) is 1. The van der Waals surface area contributed by atoms with E-state index < -0.39 is 0 Å². The fourth-order valence-corrected chi connectivity index (χ4v) is 4.49. The largest absolute Gasteiger partial charge is 0.466 e. The van der Waals surface area contributed by atoms with Gasteiger partial charge in [0, 0.05) is 25.6 Å². The van der Waals surface area contributed by atoms with Gasteiger partial charge in [-0.05, 0) is 69.5 Å². The Morgan fingerprint density at radius 1 is 0.925 bits per heavy atom. The Balaban J connectivity index is 0.000000222. The van der Waals surface area contributed by atoms with Crippen molar-refractivity contribution in [3.63, 3.8) is 0 Å². The molecule has 1 aliphatic rings. The van der Waals surface area contributed by atoms with Crippen LogP contribution >= 0.6 is 0 Å². The summed E-state index contributed by atoms with van der Waals surface area (Å²) < 4.78 is 6.35. The molecule has 0 unspecified atom stereocenters. The number of likely N-dealkylation sites (tertiary alicyclic amines) is 1. The van der Waals surface area contributed by atoms with Crippen LogP contribution in [0.3, 0.4) is 0 Å². The lowest BCUT2D eigenvalue weighted by molar-refractivity contribution is -0.142. The van der Waals surface area contributed by atoms with Gasteiger partial charge < -0.3 is 15.0 Å². The predicted molar refractivity (Wildman–Crippen MR) is 157 cm³/mol. The molecule has 4 rings (SSSR count). The first kappa shape index (κ1) is 30.8. The van der Waals surface area contributed by atoms with Crippen LogP contribution in [-0.2, 0) is 33.8 Å². The van der Waals surface area contributed by atoms with Crippen molar-refractivity contribution in [1.82, 2.24) is 20.0 Å². The van der Waals surface area contributed by atoms with Crippen molar-refractivity contribution in [2.24, 2.45) is 0 Å². The maximum Gasteiger partial charge on any atom is 0.310 e. The molecule has 1 N–H and O–H groups in total. The number of benzene rings is 2. The maximum atomic E-state index is 11.8. The van der Waals surface area contributed by atoms with Gasteiger partial charge in [-0.25, -0.2) is 4.68 Å². The summed E-state index contributed by atoms with van der Waals surface area (Å²) >= 11 is 0. The molecule has 214 valence electrons. The lowest BCUT2D eigenvalue weighted by Gasteiger charge is -2.25. The molecular formula is C32H42N4O4. The molecule has 2 heterocycles. The average molecular weight is 547 g/mol. The molecule has 1 aromatic heterocycles. The van der Waals surface area contributed by atoms with Crippen LogP contribution in [0, 0.1) is 13.8 Å². The highest BCUT2D eigenvalue weighted by Gasteiger charge is 2.11. The van der Waals surface area contributed by atoms with Gasteiger partial charge in [0.05, 0.1) is 25.3 Å². The van der Waals surface area contributed by atoms with Gasteiger partial charge in [-0.15, -0.1) is 0 Å². The van der Waals surface area contributed by atoms with Gasteiger partial charge in [0.1, 0.15) is 0 Å². The fourth-order valence-electron chi connectivity index (χ4n) is 4.49. The number of hydrogen-bond acceptors (Lipinski definition) is 6. The van der Waals surface area contributed by atoms with Crippen molar-refractivity contribution in [3.8, 4) is 0 Å². The Labute approximate surface area is 237 Å². The number of nitrogens with zero attached hydrogens (tertiary/aromatic N) is 3. The number of amides is 1. The topological polar surface area (TPSA) is 93.5 Å². The van der Waals surface area contributed by atoms with Gasteiger partial charge in [-0.1, -0.05) is 60.5 Å². The molecule has 0 atom stereocenters. The zero-order valence-corrected chi connectivity index (χ0v) is 24.0. The predicted octanol–water partition coefficient (Wildman–Crippen LogP) is 4.19. The molecule has 1 fully saturated rings. The summed E-state index contributed by atoms with van der Waals surface area (Å²) in [4.78, 5) is 37.4. The summed E-state index contributed by atoms with van der Waals surface area (Å²) in [5.41, 5.74) is 4.86. The van der Waals surface area contributed by atoms with E-state index in [4.69, 9.17) is 4.74 Å². The molecule has 1 amide bonds. The Kier molecular flexibility index (Phi) is 12.6. The van der Waals surface area contributed by atoms with Crippen molar-refractivity contribution in [2.45, 2.75) is 66.0 Å². The zero-order chi connectivity index (χ0) is 28.7. The number of piperidine rings is 1. The minimum absolute atomic E-state index is 0.142. The molecule has 40 heavy (non-hydrogen) atoms. The Bertz CT molecular complexity index is 1280. The number of carbonyl (C=O) groups excluding carboxylic acids is 2. The highest BCUT2D eigenvalue weighted by Crippen LogP contribution is 2.09. The van der Waals surface area contributed by atoms with E-state index in [1.165, 1.54) is 35.6 Å². The van der Waals surface area contributed by atoms with E-state index in [1.807, 2.05) is 31.2 Å². The number of carbonyl (C=O) groups is 2. The highest BCUT2D eigenvalue weighted by atomic mass is 16.5. The molecule has 2 aromatic carbocycles. The number of aromatic nitrogens is 2. The minimum Gasteiger partial charge on any atom is -0.466 e. The summed E-state index contributed by atoms with van der Waals surface area (Å²) in [5, 5.41) is 7.19. The Morgan fingerprint density at radius 2 is 1.65 bits per heavy atom. The molecule has 8 nitrogen and oxygen atoms in total. The molecule has 1 saturated heterocycles. The molecular weight excluding hydrogens is 504 g/mol. The van der Waals surface area contributed by atoms with Crippen LogP contribution in [0.25, 0.3) is 0 Å². The second kappa shape index (κ2) is 16.4. The van der Waals surface area contributed by atoms with Crippen molar-refractivity contribution < 1.29 is 14.3 Å². The monoisotopic (exact) mass is 546 g/mol. The van der Waals surface area contributed by atoms with Crippen molar-refractivity contribution in [3.05, 3.63) is 99.0 Å². The number of ether oxygens (including phenoxy) is 1. The van der Waals surface area contributed by atoms with Gasteiger partial charge >= 0.3 is 5.97 Å². The molecule has 0 spiro atoms. The van der Waals surface area contributed by atoms with Gasteiger partial charge in [0.25, 0.3) is 5.56 Å². The van der Waals surface area contributed by atoms with Crippen LogP contribution in [0.5, 0.6) is 0 Å². The second-order valence-electron chi connectivity index (χ2n) is 10.2. The average Bonchev–Trinajstić information content (AvgIpc) is 2.95. The normalized spacial score (nSPS) is 13.2. The van der Waals surface area contributed by atoms with Crippen LogP contribution in [0.1, 0.15) is 60.6 Å². The van der Waals surface area contributed by atoms with Crippen LogP contribution in [0.15, 0.2) is 65.5 Å². The van der Waals surface area contributed by atoms with Gasteiger partial charge in [-0.3, -0.25) is 14.4 Å². The molecule has 0 radical (unpaired) electrons. The maximum absolute atomic E-state index is 11.8. The summed E-state index contributed by atoms with van der Waals surface area (Å²) in [6.07, 6.45) is 4.76. The van der Waals surface area contributed by atoms with Crippen molar-refractivity contribution in [2.75, 3.05) is 26.2 Å². The minimum atomic E-state index is -0.250. The first-order valence-corrected chi connectivity index (χ1v) is 14.1. The number of esters is 1. The Hall–Kier alpha value is -3.78. The summed E-state index contributed by atoms with van der Waals surface area (Å²) in [6.45, 7) is 10.3. The number of rotatable bonds is 10. The van der Waals surface area contributed by atoms with Gasteiger partial charge in [0.15, 0.2) is 0 Å². The smallest absolute Gasteiger partial charge is 0.310 e. The third-order valence-electron chi connectivity index (χ3n) is 6.69. The summed E-state index contributed by atoms with van der Waals surface area (Å²) in [7, 11) is 0. The standard InChI is InChI=1S/C16H18N2O3.C16H24N2O/c1-3-21-16(20)10-13-5-4-6-14(9-13)11-18-15(19)8-7-12(2)17-18;1-14-5-7-15(8-6-14)13-17-16(19)9-12-18-10-3-2-4-11-18/h4-9H,3,10-11H2,1-2H3;5-8H,2-4,9-13H2,1H3,(H,17,19). The van der Waals surface area contributed by atoms with E-state index in [1.54, 1.807) is 13.0 Å². The third kappa shape index (κ3) is 11.1. The highest BCUT2D eigenvalue weighted by molar-refractivity contribution is 5.76. The molecule has 0 saturated carbocycles. The molecule has 3 aromatic rings. The lowest BCUT2D eigenvalue weighted by Crippen LogP contribution is -2.34. The first-order valence-electron chi connectivity index (χ1n) is 14.1. The fraction of sp³-hybridized carbons (Fsp3) is 0.438. The Morgan fingerprint density at radius 3 is 2.38 bits per heavy atom. The van der Waals surface area contributed by atoms with Gasteiger partial charge in [0.2, 0.25) is 5.91 Å². The van der Waals surface area contributed by atoms with E-state index in [0.29, 0.717) is 26.1 Å². The van der Waals surface area contributed by atoms with Crippen LogP contribution in [0.2, 0.25) is 0 Å². The number of aryl methyl sites for hydroxylation is 2. The van der Waals surface area contributed by atoms with E-state index in [9.17, 15) is 14.4 Å². The molecule has 0 aliphatic carbocycles. The third-order valence-corrected chi connectivity index (χ3v) is 6.69. The van der Waals surface area contributed by atoms with E-state index in [0.717, 1.165) is 42.0 Å². The first-order chi connectivity index (χ1) is 19.3. The van der Waals surface area contributed by atoms with E-state index >= 15 is 0 Å². The number of hydrogen-bond donors (Lipinski definition) is 1. The molecule has 8 heteroatoms. The van der Waals surface area contributed by atoms with Crippen molar-refractivity contribution >= 4 is 11.9 Å². The van der Waals surface area contributed by atoms with E-state index in [2.05, 4.69) is 46.5 Å². The van der Waals surface area contributed by atoms with Crippen molar-refractivity contribution in [1.29, 1.82) is 0 Å². The van der Waals surface area contributed by atoms with Gasteiger partial charge in [-0.2, -0.15) is 5.10 Å².